The third-order valence-electron chi connectivity index (χ3n) is 6.78. The number of aromatic nitrogens is 2. The van der Waals surface area contributed by atoms with E-state index in [0.717, 1.165) is 55.5 Å². The van der Waals surface area contributed by atoms with Crippen LogP contribution in [0.2, 0.25) is 0 Å². The zero-order valence-corrected chi connectivity index (χ0v) is 17.4. The van der Waals surface area contributed by atoms with E-state index in [-0.39, 0.29) is 23.7 Å². The summed E-state index contributed by atoms with van der Waals surface area (Å²) in [5.74, 6) is 0.0376. The smallest absolute Gasteiger partial charge is 0.325 e. The molecule has 0 spiro atoms. The summed E-state index contributed by atoms with van der Waals surface area (Å²) < 4.78 is 1.89. The highest BCUT2D eigenvalue weighted by atomic mass is 16.2. The summed E-state index contributed by atoms with van der Waals surface area (Å²) in [7, 11) is 0. The molecule has 6 heteroatoms. The Morgan fingerprint density at radius 2 is 1.87 bits per heavy atom. The van der Waals surface area contributed by atoms with Gasteiger partial charge in [0.1, 0.15) is 0 Å². The van der Waals surface area contributed by atoms with Crippen molar-refractivity contribution >= 4 is 22.6 Å². The molecule has 5 rings (SSSR count). The molecule has 0 bridgehead atoms. The maximum Gasteiger partial charge on any atom is 0.326 e. The predicted octanol–water partition coefficient (Wildman–Crippen LogP) is 3.48. The van der Waals surface area contributed by atoms with E-state index in [9.17, 15) is 9.59 Å². The standard InChI is InChI=1S/C24H28N4O2/c1-16(23(29)25-19-10-9-17-5-4-6-18(17)15-19)27-13-11-20(12-14-27)28-22-8-3-2-7-21(22)26-24(28)30/h2-3,7-10,15-16,20H,4-6,11-14H2,1H3,(H,25,29)(H,26,30)/t16-/m1/s1. The van der Waals surface area contributed by atoms with Crippen molar-refractivity contribution < 1.29 is 4.79 Å². The lowest BCUT2D eigenvalue weighted by atomic mass is 10.0. The number of aryl methyl sites for hydroxylation is 2. The minimum Gasteiger partial charge on any atom is -0.325 e. The van der Waals surface area contributed by atoms with Crippen LogP contribution in [0, 0.1) is 0 Å². The number of rotatable bonds is 4. The minimum absolute atomic E-state index is 0.0376. The van der Waals surface area contributed by atoms with E-state index in [1.54, 1.807) is 0 Å². The molecular formula is C24H28N4O2. The van der Waals surface area contributed by atoms with Gasteiger partial charge in [-0.2, -0.15) is 0 Å². The van der Waals surface area contributed by atoms with E-state index in [1.165, 1.54) is 17.5 Å². The van der Waals surface area contributed by atoms with Crippen LogP contribution in [-0.4, -0.2) is 39.5 Å². The van der Waals surface area contributed by atoms with Gasteiger partial charge in [-0.25, -0.2) is 4.79 Å². The lowest BCUT2D eigenvalue weighted by Crippen LogP contribution is -2.46. The van der Waals surface area contributed by atoms with Crippen molar-refractivity contribution in [3.8, 4) is 0 Å². The van der Waals surface area contributed by atoms with E-state index in [1.807, 2.05) is 41.8 Å². The van der Waals surface area contributed by atoms with Gasteiger partial charge in [-0.1, -0.05) is 18.2 Å². The Morgan fingerprint density at radius 1 is 1.10 bits per heavy atom. The number of hydrogen-bond donors (Lipinski definition) is 2. The van der Waals surface area contributed by atoms with Crippen molar-refractivity contribution in [1.29, 1.82) is 0 Å². The number of likely N-dealkylation sites (tertiary alicyclic amines) is 1. The van der Waals surface area contributed by atoms with Gasteiger partial charge in [0.25, 0.3) is 0 Å². The van der Waals surface area contributed by atoms with E-state index < -0.39 is 0 Å². The van der Waals surface area contributed by atoms with Crippen LogP contribution in [0.5, 0.6) is 0 Å². The molecule has 2 aromatic carbocycles. The highest BCUT2D eigenvalue weighted by molar-refractivity contribution is 5.94. The van der Waals surface area contributed by atoms with Crippen LogP contribution in [0.15, 0.2) is 47.3 Å². The normalized spacial score (nSPS) is 18.4. The first-order valence-corrected chi connectivity index (χ1v) is 11.0. The molecule has 1 aliphatic heterocycles. The van der Waals surface area contributed by atoms with Gasteiger partial charge in [-0.3, -0.25) is 14.3 Å². The van der Waals surface area contributed by atoms with Crippen LogP contribution in [-0.2, 0) is 17.6 Å². The van der Waals surface area contributed by atoms with Crippen molar-refractivity contribution in [1.82, 2.24) is 14.5 Å². The molecule has 1 aromatic heterocycles. The van der Waals surface area contributed by atoms with Crippen molar-refractivity contribution in [2.75, 3.05) is 18.4 Å². The van der Waals surface area contributed by atoms with Crippen LogP contribution in [0.1, 0.15) is 43.4 Å². The highest BCUT2D eigenvalue weighted by Crippen LogP contribution is 2.27. The number of nitrogens with zero attached hydrogens (tertiary/aromatic N) is 2. The average Bonchev–Trinajstić information content (AvgIpc) is 3.36. The van der Waals surface area contributed by atoms with Gasteiger partial charge >= 0.3 is 5.69 Å². The molecule has 0 unspecified atom stereocenters. The first kappa shape index (κ1) is 19.1. The monoisotopic (exact) mass is 404 g/mol. The predicted molar refractivity (Wildman–Crippen MR) is 119 cm³/mol. The third-order valence-corrected chi connectivity index (χ3v) is 6.78. The summed E-state index contributed by atoms with van der Waals surface area (Å²) in [6, 6.07) is 14.1. The molecular weight excluding hydrogens is 376 g/mol. The van der Waals surface area contributed by atoms with Gasteiger partial charge in [-0.05, 0) is 74.4 Å². The number of H-pyrrole nitrogens is 1. The number of hydrogen-bond acceptors (Lipinski definition) is 3. The molecule has 1 fully saturated rings. The first-order valence-electron chi connectivity index (χ1n) is 11.0. The Morgan fingerprint density at radius 3 is 2.70 bits per heavy atom. The Balaban J connectivity index is 1.23. The fourth-order valence-electron chi connectivity index (χ4n) is 5.03. The van der Waals surface area contributed by atoms with Gasteiger partial charge in [0.05, 0.1) is 17.1 Å². The number of benzene rings is 2. The summed E-state index contributed by atoms with van der Waals surface area (Å²) in [5.41, 5.74) is 5.47. The number of nitrogens with one attached hydrogen (secondary N) is 2. The van der Waals surface area contributed by atoms with Crippen molar-refractivity contribution in [3.63, 3.8) is 0 Å². The molecule has 1 atom stereocenters. The fourth-order valence-corrected chi connectivity index (χ4v) is 5.03. The molecule has 3 aromatic rings. The lowest BCUT2D eigenvalue weighted by Gasteiger charge is -2.35. The summed E-state index contributed by atoms with van der Waals surface area (Å²) in [6.07, 6.45) is 5.18. The number of fused-ring (bicyclic) bond motifs is 2. The molecule has 2 heterocycles. The number of piperidine rings is 1. The molecule has 2 aliphatic rings. The summed E-state index contributed by atoms with van der Waals surface area (Å²) in [5, 5.41) is 3.10. The zero-order valence-electron chi connectivity index (χ0n) is 17.4. The molecule has 156 valence electrons. The second kappa shape index (κ2) is 7.76. The number of amides is 1. The molecule has 6 nitrogen and oxygen atoms in total. The summed E-state index contributed by atoms with van der Waals surface area (Å²) >= 11 is 0. The fraction of sp³-hybridized carbons (Fsp3) is 0.417. The highest BCUT2D eigenvalue weighted by Gasteiger charge is 2.29. The molecule has 1 amide bonds. The van der Waals surface area contributed by atoms with E-state index in [2.05, 4.69) is 27.3 Å². The van der Waals surface area contributed by atoms with Crippen molar-refractivity contribution in [2.24, 2.45) is 0 Å². The van der Waals surface area contributed by atoms with Crippen LogP contribution < -0.4 is 11.0 Å². The Labute approximate surface area is 175 Å². The number of para-hydroxylation sites is 2. The first-order chi connectivity index (χ1) is 14.6. The number of aromatic amines is 1. The second-order valence-corrected chi connectivity index (χ2v) is 8.59. The molecule has 2 N–H and O–H groups in total. The quantitative estimate of drug-likeness (QED) is 0.699. The Kier molecular flexibility index (Phi) is 4.95. The molecule has 1 saturated heterocycles. The summed E-state index contributed by atoms with van der Waals surface area (Å²) in [6.45, 7) is 3.58. The molecule has 0 radical (unpaired) electrons. The number of carbonyl (C=O) groups is 1. The maximum absolute atomic E-state index is 12.8. The van der Waals surface area contributed by atoms with E-state index >= 15 is 0 Å². The average molecular weight is 405 g/mol. The van der Waals surface area contributed by atoms with Crippen molar-refractivity contribution in [2.45, 2.75) is 51.1 Å². The van der Waals surface area contributed by atoms with Crippen LogP contribution in [0.25, 0.3) is 11.0 Å². The zero-order chi connectivity index (χ0) is 20.7. The van der Waals surface area contributed by atoms with Crippen molar-refractivity contribution in [3.05, 3.63) is 64.1 Å². The number of imidazole rings is 1. The van der Waals surface area contributed by atoms with Gasteiger partial charge in [0.15, 0.2) is 0 Å². The number of carbonyl (C=O) groups excluding carboxylic acids is 1. The molecule has 1 aliphatic carbocycles. The topological polar surface area (TPSA) is 70.1 Å². The van der Waals surface area contributed by atoms with Gasteiger partial charge < -0.3 is 10.3 Å². The minimum atomic E-state index is -0.195. The Bertz CT molecular complexity index is 1140. The Hall–Kier alpha value is -2.86. The van der Waals surface area contributed by atoms with E-state index in [0.29, 0.717) is 0 Å². The van der Waals surface area contributed by atoms with Gasteiger partial charge in [-0.15, -0.1) is 0 Å². The van der Waals surface area contributed by atoms with Crippen LogP contribution >= 0.6 is 0 Å². The second-order valence-electron chi connectivity index (χ2n) is 8.59. The number of anilines is 1. The largest absolute Gasteiger partial charge is 0.326 e. The molecule has 30 heavy (non-hydrogen) atoms. The van der Waals surface area contributed by atoms with Crippen LogP contribution in [0.4, 0.5) is 5.69 Å². The summed E-state index contributed by atoms with van der Waals surface area (Å²) in [4.78, 5) is 30.5. The van der Waals surface area contributed by atoms with Crippen LogP contribution in [0.3, 0.4) is 0 Å². The van der Waals surface area contributed by atoms with Gasteiger partial charge in [0.2, 0.25) is 5.91 Å². The van der Waals surface area contributed by atoms with E-state index in [4.69, 9.17) is 0 Å². The SMILES string of the molecule is C[C@H](C(=O)Nc1ccc2c(c1)CCC2)N1CCC(n2c(=O)[nH]c3ccccc32)CC1. The maximum atomic E-state index is 12.8. The molecule has 0 saturated carbocycles. The van der Waals surface area contributed by atoms with Gasteiger partial charge in [0, 0.05) is 24.8 Å². The lowest BCUT2D eigenvalue weighted by molar-refractivity contribution is -0.121. The third kappa shape index (κ3) is 3.45.